The molecule has 0 radical (unpaired) electrons. The number of alkyl halides is 7. The van der Waals surface area contributed by atoms with Crippen LogP contribution in [0.3, 0.4) is 0 Å². The Labute approximate surface area is 452 Å². The van der Waals surface area contributed by atoms with E-state index in [1.807, 2.05) is 0 Å². The normalized spacial score (nSPS) is 11.5. The van der Waals surface area contributed by atoms with E-state index in [1.54, 1.807) is 101 Å². The number of sulfone groups is 2. The Morgan fingerprint density at radius 2 is 0.987 bits per heavy atom. The van der Waals surface area contributed by atoms with Gasteiger partial charge in [0.2, 0.25) is 5.91 Å². The molecule has 4 aromatic carbocycles. The molecule has 410 valence electrons. The molecule has 8 rings (SSSR count). The maximum Gasteiger partial charge on any atom is 0.435 e. The molecule has 15 nitrogen and oxygen atoms in total. The molecule has 8 aromatic rings. The summed E-state index contributed by atoms with van der Waals surface area (Å²) in [7, 11) is 0.696. The number of phenolic OH excluding ortho intramolecular Hbond substituents is 1. The summed E-state index contributed by atoms with van der Waals surface area (Å²) in [5.74, 6) is -0.0473. The number of aliphatic hydroxyl groups is 1. The number of ether oxygens (including phenoxy) is 1. The summed E-state index contributed by atoms with van der Waals surface area (Å²) in [5, 5.41) is 24.3. The van der Waals surface area contributed by atoms with Gasteiger partial charge >= 0.3 is 12.4 Å². The number of aliphatic hydroxyl groups excluding tert-OH is 1. The SMILES string of the molecule is CN(C)C(=O)CCl.CN(C)C(=O)COc1cccc(-n2nc(C(F)(F)F)cc2-c2ccc(-c3cccc(S(C)(=O)=O)c3)s2)c1.CO.CS(=O)(=O)c1cccc(-c2ccc(-c3cc(C(F)(F)F)nn3-c3cccc(O)c3)s2)c1. The summed E-state index contributed by atoms with van der Waals surface area (Å²) in [6.45, 7) is -0.225. The number of likely N-dealkylation sites (N-methyl/N-ethyl adjacent to an activating group) is 1. The molecule has 0 fully saturated rings. The van der Waals surface area contributed by atoms with Crippen LogP contribution >= 0.6 is 34.3 Å². The van der Waals surface area contributed by atoms with E-state index in [9.17, 15) is 57.9 Å². The summed E-state index contributed by atoms with van der Waals surface area (Å²) in [6, 6.07) is 33.5. The predicted molar refractivity (Wildman–Crippen MR) is 284 cm³/mol. The average Bonchev–Trinajstić information content (AvgIpc) is 4.22. The smallest absolute Gasteiger partial charge is 0.435 e. The van der Waals surface area contributed by atoms with Crippen LogP contribution in [0.1, 0.15) is 11.4 Å². The van der Waals surface area contributed by atoms with Crippen LogP contribution < -0.4 is 4.74 Å². The van der Waals surface area contributed by atoms with E-state index in [1.165, 1.54) is 85.7 Å². The van der Waals surface area contributed by atoms with Crippen LogP contribution in [-0.4, -0.2) is 129 Å². The second kappa shape index (κ2) is 25.4. The number of benzene rings is 4. The van der Waals surface area contributed by atoms with Crippen molar-refractivity contribution in [2.24, 2.45) is 0 Å². The van der Waals surface area contributed by atoms with Crippen molar-refractivity contribution in [3.05, 3.63) is 145 Å². The molecule has 0 aliphatic rings. The van der Waals surface area contributed by atoms with Gasteiger partial charge in [-0.15, -0.1) is 34.3 Å². The molecule has 26 heteroatoms. The predicted octanol–water partition coefficient (Wildman–Crippen LogP) is 10.5. The molecule has 2 N–H and O–H groups in total. The first-order chi connectivity index (χ1) is 36.0. The van der Waals surface area contributed by atoms with Gasteiger partial charge in [0.25, 0.3) is 5.91 Å². The van der Waals surface area contributed by atoms with Crippen LogP contribution in [0.15, 0.2) is 143 Å². The summed E-state index contributed by atoms with van der Waals surface area (Å²) in [5.41, 5.74) is 0.137. The number of hydrogen-bond donors (Lipinski definition) is 2. The monoisotopic (exact) mass is 1170 g/mol. The summed E-state index contributed by atoms with van der Waals surface area (Å²) < 4.78 is 136. The third-order valence-electron chi connectivity index (χ3n) is 10.4. The largest absolute Gasteiger partial charge is 0.508 e. The topological polar surface area (TPSA) is 194 Å². The van der Waals surface area contributed by atoms with E-state index in [0.717, 1.165) is 36.4 Å². The molecular formula is C51H49ClF6N6O9S4. The Hall–Kier alpha value is -7.03. The molecular weight excluding hydrogens is 1120 g/mol. The number of rotatable bonds is 12. The number of aromatic nitrogens is 4. The highest BCUT2D eigenvalue weighted by atomic mass is 35.5. The molecule has 2 amide bonds. The minimum absolute atomic E-state index is 0.0540. The van der Waals surface area contributed by atoms with Gasteiger partial charge in [-0.3, -0.25) is 9.59 Å². The van der Waals surface area contributed by atoms with Crippen LogP contribution in [0.25, 0.3) is 53.4 Å². The van der Waals surface area contributed by atoms with Crippen molar-refractivity contribution in [2.75, 3.05) is 60.3 Å². The zero-order valence-electron chi connectivity index (χ0n) is 41.8. The van der Waals surface area contributed by atoms with Gasteiger partial charge in [-0.05, 0) is 96.1 Å². The van der Waals surface area contributed by atoms with Gasteiger partial charge in [0.1, 0.15) is 17.4 Å². The Kier molecular flexibility index (Phi) is 20.1. The first-order valence-electron chi connectivity index (χ1n) is 22.1. The lowest BCUT2D eigenvalue weighted by Crippen LogP contribution is -2.27. The number of hydrogen-bond acceptors (Lipinski definition) is 13. The number of amides is 2. The van der Waals surface area contributed by atoms with Crippen molar-refractivity contribution < 1.29 is 67.7 Å². The summed E-state index contributed by atoms with van der Waals surface area (Å²) in [6.07, 6.45) is -7.09. The number of phenols is 1. The van der Waals surface area contributed by atoms with Gasteiger partial charge in [0.15, 0.2) is 37.7 Å². The van der Waals surface area contributed by atoms with E-state index in [-0.39, 0.29) is 56.9 Å². The van der Waals surface area contributed by atoms with Crippen LogP contribution in [0.4, 0.5) is 26.3 Å². The van der Waals surface area contributed by atoms with E-state index in [4.69, 9.17) is 21.4 Å². The average molecular weight is 1170 g/mol. The van der Waals surface area contributed by atoms with Crippen LogP contribution in [0.5, 0.6) is 11.5 Å². The van der Waals surface area contributed by atoms with Gasteiger partial charge < -0.3 is 24.7 Å². The quantitative estimate of drug-likeness (QED) is 0.0873. The molecule has 0 bridgehead atoms. The molecule has 0 unspecified atom stereocenters. The van der Waals surface area contributed by atoms with E-state index in [0.29, 0.717) is 42.1 Å². The van der Waals surface area contributed by atoms with Crippen molar-refractivity contribution in [3.8, 4) is 64.9 Å². The maximum absolute atomic E-state index is 13.6. The van der Waals surface area contributed by atoms with Crippen molar-refractivity contribution in [2.45, 2.75) is 22.1 Å². The minimum Gasteiger partial charge on any atom is -0.508 e. The first kappa shape index (κ1) is 60.8. The fourth-order valence-corrected chi connectivity index (χ4v) is 10.1. The molecule has 0 atom stereocenters. The molecule has 77 heavy (non-hydrogen) atoms. The fraction of sp³-hybridized carbons (Fsp3) is 0.216. The Bertz CT molecular complexity index is 3570. The van der Waals surface area contributed by atoms with Crippen LogP contribution in [0.2, 0.25) is 0 Å². The molecule has 0 aliphatic carbocycles. The zero-order valence-corrected chi connectivity index (χ0v) is 45.9. The molecule has 0 saturated carbocycles. The van der Waals surface area contributed by atoms with E-state index >= 15 is 0 Å². The Balaban J connectivity index is 0.000000248. The molecule has 4 heterocycles. The van der Waals surface area contributed by atoms with Gasteiger partial charge in [-0.2, -0.15) is 36.5 Å². The van der Waals surface area contributed by atoms with Gasteiger partial charge in [-0.1, -0.05) is 36.4 Å². The van der Waals surface area contributed by atoms with Gasteiger partial charge in [0.05, 0.1) is 42.3 Å². The summed E-state index contributed by atoms with van der Waals surface area (Å²) >= 11 is 7.57. The molecule has 0 saturated heterocycles. The standard InChI is InChI=1S/C25H22F3N3O4S2.C21H15F3N2O3S2.C4H8ClNO.CH4O/c1-30(2)24(32)15-35-18-8-5-7-17(13-18)31-20(14-23(29-31)25(26,27)28)22-11-10-21(36-22)16-6-4-9-19(12-16)37(3,33)34;1-31(28,29)16-7-2-4-13(10-16)18-8-9-19(30-18)17-12-20(21(22,23)24)25-26(17)14-5-3-6-15(27)11-14;1-6(2)4(7)3-5;1-2/h4-14H,15H2,1-3H3;2-12,27H,1H3;3H2,1-2H3;2H,1H3. The van der Waals surface area contributed by atoms with Crippen molar-refractivity contribution in [3.63, 3.8) is 0 Å². The van der Waals surface area contributed by atoms with Crippen molar-refractivity contribution in [1.29, 1.82) is 0 Å². The molecule has 0 aliphatic heterocycles. The maximum atomic E-state index is 13.6. The molecule has 4 aromatic heterocycles. The van der Waals surface area contributed by atoms with E-state index < -0.39 is 43.4 Å². The highest BCUT2D eigenvalue weighted by Crippen LogP contribution is 2.41. The number of nitrogens with zero attached hydrogens (tertiary/aromatic N) is 6. The zero-order chi connectivity index (χ0) is 57.2. The number of carbonyl (C=O) groups excluding carboxylic acids is 2. The highest BCUT2D eigenvalue weighted by Gasteiger charge is 2.37. The number of halogens is 7. The van der Waals surface area contributed by atoms with Crippen LogP contribution in [0, 0.1) is 0 Å². The second-order valence-corrected chi connectivity index (χ2v) is 23.1. The third-order valence-corrected chi connectivity index (χ3v) is 15.2. The fourth-order valence-electron chi connectivity index (χ4n) is 6.53. The number of thiophene rings is 2. The van der Waals surface area contributed by atoms with Gasteiger partial charge in [0, 0.05) is 69.7 Å². The number of aromatic hydroxyl groups is 1. The minimum atomic E-state index is -4.67. The number of carbonyl (C=O) groups is 2. The van der Waals surface area contributed by atoms with Crippen LogP contribution in [-0.2, 0) is 41.6 Å². The lowest BCUT2D eigenvalue weighted by Gasteiger charge is -2.12. The molecule has 0 spiro atoms. The van der Waals surface area contributed by atoms with Crippen molar-refractivity contribution >= 4 is 65.8 Å². The lowest BCUT2D eigenvalue weighted by atomic mass is 10.2. The Morgan fingerprint density at radius 1 is 0.584 bits per heavy atom. The highest BCUT2D eigenvalue weighted by molar-refractivity contribution is 7.91. The Morgan fingerprint density at radius 3 is 1.36 bits per heavy atom. The van der Waals surface area contributed by atoms with Crippen molar-refractivity contribution in [1.82, 2.24) is 29.4 Å². The second-order valence-electron chi connectivity index (χ2n) is 16.6. The third kappa shape index (κ3) is 16.2. The van der Waals surface area contributed by atoms with E-state index in [2.05, 4.69) is 10.2 Å². The lowest BCUT2D eigenvalue weighted by molar-refractivity contribution is -0.142. The summed E-state index contributed by atoms with van der Waals surface area (Å²) in [4.78, 5) is 27.6. The van der Waals surface area contributed by atoms with Gasteiger partial charge in [-0.25, -0.2) is 26.2 Å². The first-order valence-corrected chi connectivity index (χ1v) is 28.1.